The minimum absolute atomic E-state index is 0.102. The first-order valence-electron chi connectivity index (χ1n) is 8.50. The SMILES string of the molecule is COc1cccc(CCC(=O)N2CCN(c3ccc(=O)[nH]c3)CC2)c1. The van der Waals surface area contributed by atoms with Gasteiger partial charge in [-0.1, -0.05) is 12.1 Å². The Hall–Kier alpha value is -2.76. The first kappa shape index (κ1) is 17.1. The lowest BCUT2D eigenvalue weighted by Gasteiger charge is -2.36. The van der Waals surface area contributed by atoms with Gasteiger partial charge in [0, 0.05) is 44.9 Å². The molecule has 132 valence electrons. The average Bonchev–Trinajstić information content (AvgIpc) is 2.67. The third kappa shape index (κ3) is 4.41. The van der Waals surface area contributed by atoms with Crippen molar-refractivity contribution in [1.29, 1.82) is 0 Å². The summed E-state index contributed by atoms with van der Waals surface area (Å²) in [4.78, 5) is 30.4. The monoisotopic (exact) mass is 341 g/mol. The molecular weight excluding hydrogens is 318 g/mol. The van der Waals surface area contributed by atoms with Crippen molar-refractivity contribution in [2.75, 3.05) is 38.2 Å². The maximum absolute atomic E-state index is 12.4. The molecule has 0 saturated carbocycles. The van der Waals surface area contributed by atoms with Crippen LogP contribution in [0.3, 0.4) is 0 Å². The van der Waals surface area contributed by atoms with Crippen molar-refractivity contribution in [3.8, 4) is 5.75 Å². The summed E-state index contributed by atoms with van der Waals surface area (Å²) in [7, 11) is 1.64. The van der Waals surface area contributed by atoms with Gasteiger partial charge in [0.1, 0.15) is 5.75 Å². The molecule has 0 unspecified atom stereocenters. The number of nitrogens with zero attached hydrogens (tertiary/aromatic N) is 2. The molecule has 6 nitrogen and oxygen atoms in total. The van der Waals surface area contributed by atoms with Crippen molar-refractivity contribution in [2.45, 2.75) is 12.8 Å². The Morgan fingerprint density at radius 3 is 2.64 bits per heavy atom. The number of pyridine rings is 1. The summed E-state index contributed by atoms with van der Waals surface area (Å²) >= 11 is 0. The highest BCUT2D eigenvalue weighted by Crippen LogP contribution is 2.16. The Labute approximate surface area is 147 Å². The second-order valence-corrected chi connectivity index (χ2v) is 6.13. The van der Waals surface area contributed by atoms with Crippen LogP contribution < -0.4 is 15.2 Å². The highest BCUT2D eigenvalue weighted by molar-refractivity contribution is 5.76. The summed E-state index contributed by atoms with van der Waals surface area (Å²) < 4.78 is 5.22. The molecule has 2 aromatic rings. The van der Waals surface area contributed by atoms with E-state index in [0.29, 0.717) is 19.5 Å². The molecule has 1 amide bonds. The van der Waals surface area contributed by atoms with Crippen LogP contribution in [0.5, 0.6) is 5.75 Å². The third-order valence-corrected chi connectivity index (χ3v) is 4.53. The summed E-state index contributed by atoms with van der Waals surface area (Å²) in [6, 6.07) is 11.2. The Bertz CT molecular complexity index is 759. The minimum Gasteiger partial charge on any atom is -0.497 e. The molecule has 1 aromatic carbocycles. The zero-order chi connectivity index (χ0) is 17.6. The van der Waals surface area contributed by atoms with Crippen molar-refractivity contribution < 1.29 is 9.53 Å². The predicted molar refractivity (Wildman–Crippen MR) is 97.2 cm³/mol. The van der Waals surface area contributed by atoms with E-state index >= 15 is 0 Å². The van der Waals surface area contributed by atoms with Gasteiger partial charge >= 0.3 is 0 Å². The minimum atomic E-state index is -0.102. The number of nitrogens with one attached hydrogen (secondary N) is 1. The van der Waals surface area contributed by atoms with E-state index in [4.69, 9.17) is 4.74 Å². The summed E-state index contributed by atoms with van der Waals surface area (Å²) in [6.07, 6.45) is 2.95. The number of aryl methyl sites for hydroxylation is 1. The highest BCUT2D eigenvalue weighted by Gasteiger charge is 2.21. The zero-order valence-corrected chi connectivity index (χ0v) is 14.4. The fourth-order valence-corrected chi connectivity index (χ4v) is 3.05. The zero-order valence-electron chi connectivity index (χ0n) is 14.4. The molecule has 1 N–H and O–H groups in total. The summed E-state index contributed by atoms with van der Waals surface area (Å²) in [5.74, 6) is 1.00. The van der Waals surface area contributed by atoms with Crippen LogP contribution in [0.25, 0.3) is 0 Å². The number of anilines is 1. The summed E-state index contributed by atoms with van der Waals surface area (Å²) in [5, 5.41) is 0. The first-order chi connectivity index (χ1) is 12.2. The number of amides is 1. The van der Waals surface area contributed by atoms with Crippen molar-refractivity contribution in [1.82, 2.24) is 9.88 Å². The lowest BCUT2D eigenvalue weighted by Crippen LogP contribution is -2.49. The van der Waals surface area contributed by atoms with Crippen molar-refractivity contribution in [3.05, 3.63) is 58.5 Å². The topological polar surface area (TPSA) is 65.6 Å². The van der Waals surface area contributed by atoms with Crippen LogP contribution in [0.4, 0.5) is 5.69 Å². The summed E-state index contributed by atoms with van der Waals surface area (Å²) in [5.41, 5.74) is 2.00. The van der Waals surface area contributed by atoms with E-state index < -0.39 is 0 Å². The molecule has 0 radical (unpaired) electrons. The number of rotatable bonds is 5. The number of methoxy groups -OCH3 is 1. The molecule has 0 atom stereocenters. The predicted octanol–water partition coefficient (Wildman–Crippen LogP) is 1.66. The molecule has 2 heterocycles. The standard InChI is InChI=1S/C19H23N3O3/c1-25-17-4-2-3-15(13-17)5-8-19(24)22-11-9-21(10-12-22)16-6-7-18(23)20-14-16/h2-4,6-7,13-14H,5,8-12H2,1H3,(H,20,23). The van der Waals surface area contributed by atoms with E-state index in [0.717, 1.165) is 36.5 Å². The number of aromatic amines is 1. The maximum atomic E-state index is 12.4. The quantitative estimate of drug-likeness (QED) is 0.898. The molecular formula is C19H23N3O3. The van der Waals surface area contributed by atoms with Gasteiger partial charge in [0.15, 0.2) is 0 Å². The van der Waals surface area contributed by atoms with E-state index in [-0.39, 0.29) is 11.5 Å². The third-order valence-electron chi connectivity index (χ3n) is 4.53. The molecule has 6 heteroatoms. The van der Waals surface area contributed by atoms with E-state index in [1.165, 1.54) is 6.07 Å². The van der Waals surface area contributed by atoms with Crippen molar-refractivity contribution in [3.63, 3.8) is 0 Å². The van der Waals surface area contributed by atoms with E-state index in [9.17, 15) is 9.59 Å². The van der Waals surface area contributed by atoms with Crippen LogP contribution in [0.2, 0.25) is 0 Å². The van der Waals surface area contributed by atoms with Gasteiger partial charge in [-0.2, -0.15) is 0 Å². The van der Waals surface area contributed by atoms with Crippen LogP contribution in [0.15, 0.2) is 47.4 Å². The Kier molecular flexibility index (Phi) is 5.38. The van der Waals surface area contributed by atoms with Gasteiger partial charge in [-0.25, -0.2) is 0 Å². The molecule has 0 bridgehead atoms. The van der Waals surface area contributed by atoms with Gasteiger partial charge < -0.3 is 19.5 Å². The van der Waals surface area contributed by atoms with Crippen LogP contribution in [0, 0.1) is 0 Å². The largest absolute Gasteiger partial charge is 0.497 e. The van der Waals surface area contributed by atoms with E-state index in [1.807, 2.05) is 35.2 Å². The molecule has 1 aliphatic heterocycles. The first-order valence-corrected chi connectivity index (χ1v) is 8.50. The van der Waals surface area contributed by atoms with Gasteiger partial charge in [0.2, 0.25) is 11.5 Å². The van der Waals surface area contributed by atoms with Crippen molar-refractivity contribution >= 4 is 11.6 Å². The van der Waals surface area contributed by atoms with Gasteiger partial charge in [-0.15, -0.1) is 0 Å². The maximum Gasteiger partial charge on any atom is 0.248 e. The smallest absolute Gasteiger partial charge is 0.248 e. The molecule has 1 aromatic heterocycles. The second kappa shape index (κ2) is 7.88. The van der Waals surface area contributed by atoms with E-state index in [2.05, 4.69) is 9.88 Å². The summed E-state index contributed by atoms with van der Waals surface area (Å²) in [6.45, 7) is 2.96. The Morgan fingerprint density at radius 2 is 1.96 bits per heavy atom. The second-order valence-electron chi connectivity index (χ2n) is 6.13. The number of H-pyrrole nitrogens is 1. The van der Waals surface area contributed by atoms with Gasteiger partial charge in [0.25, 0.3) is 0 Å². The normalized spacial score (nSPS) is 14.4. The highest BCUT2D eigenvalue weighted by atomic mass is 16.5. The molecule has 3 rings (SSSR count). The molecule has 1 fully saturated rings. The van der Waals surface area contributed by atoms with Crippen LogP contribution in [-0.4, -0.2) is 49.1 Å². The number of hydrogen-bond acceptors (Lipinski definition) is 4. The number of carbonyl (C=O) groups excluding carboxylic acids is 1. The molecule has 0 aliphatic carbocycles. The number of carbonyl (C=O) groups is 1. The lowest BCUT2D eigenvalue weighted by molar-refractivity contribution is -0.131. The van der Waals surface area contributed by atoms with Crippen LogP contribution >= 0.6 is 0 Å². The number of benzene rings is 1. The van der Waals surface area contributed by atoms with Crippen molar-refractivity contribution in [2.24, 2.45) is 0 Å². The fourth-order valence-electron chi connectivity index (χ4n) is 3.05. The molecule has 1 aliphatic rings. The fraction of sp³-hybridized carbons (Fsp3) is 0.368. The Morgan fingerprint density at radius 1 is 1.16 bits per heavy atom. The van der Waals surface area contributed by atoms with Gasteiger partial charge in [-0.3, -0.25) is 9.59 Å². The number of aromatic nitrogens is 1. The number of hydrogen-bond donors (Lipinski definition) is 1. The number of piperazine rings is 1. The average molecular weight is 341 g/mol. The van der Waals surface area contributed by atoms with E-state index in [1.54, 1.807) is 13.3 Å². The molecule has 25 heavy (non-hydrogen) atoms. The number of ether oxygens (including phenoxy) is 1. The molecule has 0 spiro atoms. The van der Waals surface area contributed by atoms with Gasteiger partial charge in [-0.05, 0) is 30.2 Å². The van der Waals surface area contributed by atoms with Crippen LogP contribution in [-0.2, 0) is 11.2 Å². The Balaban J connectivity index is 1.49. The molecule has 1 saturated heterocycles. The van der Waals surface area contributed by atoms with Crippen LogP contribution in [0.1, 0.15) is 12.0 Å². The lowest BCUT2D eigenvalue weighted by atomic mass is 10.1. The van der Waals surface area contributed by atoms with Gasteiger partial charge in [0.05, 0.1) is 12.8 Å².